The van der Waals surface area contributed by atoms with Crippen molar-refractivity contribution < 1.29 is 9.90 Å². The zero-order valence-corrected chi connectivity index (χ0v) is 7.80. The number of hydrogen-bond donors (Lipinski definition) is 3. The molecule has 0 aliphatic heterocycles. The molecule has 0 bridgehead atoms. The Morgan fingerprint density at radius 3 is 2.83 bits per heavy atom. The molecule has 0 fully saturated rings. The summed E-state index contributed by atoms with van der Waals surface area (Å²) < 4.78 is 0. The summed E-state index contributed by atoms with van der Waals surface area (Å²) in [5, 5.41) is 11.5. The highest BCUT2D eigenvalue weighted by Gasteiger charge is 2.17. The molecule has 0 spiro atoms. The molecule has 12 heavy (non-hydrogen) atoms. The van der Waals surface area contributed by atoms with Crippen LogP contribution in [0.5, 0.6) is 0 Å². The van der Waals surface area contributed by atoms with Gasteiger partial charge in [-0.2, -0.15) is 0 Å². The Morgan fingerprint density at radius 1 is 1.83 bits per heavy atom. The van der Waals surface area contributed by atoms with Gasteiger partial charge in [0, 0.05) is 6.54 Å². The quantitative estimate of drug-likeness (QED) is 0.367. The first kappa shape index (κ1) is 11.8. The summed E-state index contributed by atoms with van der Waals surface area (Å²) in [6.07, 6.45) is -0.824. The molecule has 0 rings (SSSR count). The van der Waals surface area contributed by atoms with Crippen LogP contribution in [0, 0.1) is 0 Å². The Labute approximate surface area is 77.6 Å². The normalized spacial score (nSPS) is 15.2. The second-order valence-corrected chi connectivity index (χ2v) is 3.17. The largest absolute Gasteiger partial charge is 0.391 e. The van der Waals surface area contributed by atoms with Crippen LogP contribution in [0.15, 0.2) is 0 Å². The van der Waals surface area contributed by atoms with Gasteiger partial charge in [-0.05, 0) is 12.7 Å². The Bertz CT molecular complexity index is 146. The lowest BCUT2D eigenvalue weighted by Gasteiger charge is -2.13. The Balaban J connectivity index is 3.57. The molecule has 0 aromatic heterocycles. The fourth-order valence-electron chi connectivity index (χ4n) is 0.570. The number of nitrogens with two attached hydrogens (primary N) is 1. The van der Waals surface area contributed by atoms with Crippen molar-refractivity contribution in [1.82, 2.24) is 5.32 Å². The molecule has 0 saturated carbocycles. The van der Waals surface area contributed by atoms with E-state index in [1.807, 2.05) is 0 Å². The lowest BCUT2D eigenvalue weighted by molar-refractivity contribution is -0.124. The van der Waals surface area contributed by atoms with Crippen LogP contribution in [-0.2, 0) is 4.79 Å². The Kier molecular flexibility index (Phi) is 6.23. The molecule has 0 aliphatic carbocycles. The maximum Gasteiger partial charge on any atom is 0.239 e. The van der Waals surface area contributed by atoms with E-state index >= 15 is 0 Å². The van der Waals surface area contributed by atoms with E-state index in [9.17, 15) is 4.79 Å². The summed E-state index contributed by atoms with van der Waals surface area (Å²) in [4.78, 5) is 11.0. The molecule has 0 aromatic carbocycles. The van der Waals surface area contributed by atoms with Gasteiger partial charge < -0.3 is 16.2 Å². The average Bonchev–Trinajstić information content (AvgIpc) is 2.03. The van der Waals surface area contributed by atoms with Crippen LogP contribution >= 0.6 is 11.6 Å². The van der Waals surface area contributed by atoms with Gasteiger partial charge >= 0.3 is 0 Å². The lowest BCUT2D eigenvalue weighted by Crippen LogP contribution is -2.47. The third kappa shape index (κ3) is 4.64. The molecule has 4 nitrogen and oxygen atoms in total. The summed E-state index contributed by atoms with van der Waals surface area (Å²) in [5.74, 6) is 0.289. The van der Waals surface area contributed by atoms with Crippen LogP contribution in [0.4, 0.5) is 0 Å². The van der Waals surface area contributed by atoms with Crippen molar-refractivity contribution in [1.29, 1.82) is 0 Å². The molecule has 0 aliphatic rings. The second kappa shape index (κ2) is 6.34. The van der Waals surface area contributed by atoms with Gasteiger partial charge in [0.05, 0.1) is 6.10 Å². The molecular weight excluding hydrogens is 175 g/mol. The maximum atomic E-state index is 11.0. The minimum Gasteiger partial charge on any atom is -0.391 e. The zero-order chi connectivity index (χ0) is 9.56. The number of carbonyl (C=O) groups is 1. The highest BCUT2D eigenvalue weighted by molar-refractivity contribution is 8.19. The van der Waals surface area contributed by atoms with Crippen LogP contribution in [0.3, 0.4) is 0 Å². The van der Waals surface area contributed by atoms with Gasteiger partial charge in [-0.1, -0.05) is 0 Å². The molecule has 0 heterocycles. The smallest absolute Gasteiger partial charge is 0.239 e. The molecule has 0 unspecified atom stereocenters. The van der Waals surface area contributed by atoms with Crippen LogP contribution in [0.2, 0.25) is 0 Å². The number of hydrogen-bond acceptors (Lipinski definition) is 4. The summed E-state index contributed by atoms with van der Waals surface area (Å²) in [6, 6.07) is -0.854. The van der Waals surface area contributed by atoms with Gasteiger partial charge in [0.2, 0.25) is 5.91 Å². The van der Waals surface area contributed by atoms with Crippen LogP contribution < -0.4 is 11.1 Å². The minimum atomic E-state index is -0.854. The van der Waals surface area contributed by atoms with Crippen molar-refractivity contribution >= 4 is 24.6 Å². The maximum absolute atomic E-state index is 11.0. The molecule has 2 radical (unpaired) electrons. The number of rotatable bonds is 5. The van der Waals surface area contributed by atoms with Gasteiger partial charge in [-0.25, -0.2) is 11.6 Å². The minimum absolute atomic E-state index is 0.348. The van der Waals surface area contributed by atoms with Crippen LogP contribution in [0.1, 0.15) is 6.92 Å². The van der Waals surface area contributed by atoms with Gasteiger partial charge in [0.1, 0.15) is 6.04 Å². The molecule has 0 saturated heterocycles. The highest BCUT2D eigenvalue weighted by atomic mass is 32.2. The Hall–Kier alpha value is -0.195. The summed E-state index contributed by atoms with van der Waals surface area (Å²) >= 11 is 1.15. The summed E-state index contributed by atoms with van der Waals surface area (Å²) in [7, 11) is 5.14. The van der Waals surface area contributed by atoms with Crippen molar-refractivity contribution in [3.05, 3.63) is 0 Å². The predicted molar refractivity (Wildman–Crippen MR) is 50.9 cm³/mol. The van der Waals surface area contributed by atoms with Gasteiger partial charge in [-0.15, -0.1) is 0 Å². The van der Waals surface area contributed by atoms with E-state index in [4.69, 9.17) is 18.0 Å². The van der Waals surface area contributed by atoms with E-state index in [1.165, 1.54) is 6.92 Å². The van der Waals surface area contributed by atoms with Gasteiger partial charge in [-0.3, -0.25) is 4.79 Å². The molecule has 4 N–H and O–H groups in total. The van der Waals surface area contributed by atoms with Crippen molar-refractivity contribution in [2.24, 2.45) is 5.73 Å². The van der Waals surface area contributed by atoms with Crippen molar-refractivity contribution in [3.8, 4) is 0 Å². The van der Waals surface area contributed by atoms with E-state index in [-0.39, 0.29) is 5.91 Å². The molecule has 2 atom stereocenters. The van der Waals surface area contributed by atoms with Gasteiger partial charge in [0.15, 0.2) is 7.12 Å². The zero-order valence-electron chi connectivity index (χ0n) is 6.99. The van der Waals surface area contributed by atoms with Gasteiger partial charge in [0.25, 0.3) is 0 Å². The monoisotopic (exact) mass is 188 g/mol. The molecule has 1 amide bonds. The van der Waals surface area contributed by atoms with E-state index < -0.39 is 12.1 Å². The summed E-state index contributed by atoms with van der Waals surface area (Å²) in [5.41, 5.74) is 5.34. The standard InChI is InChI=1S/C6H13BN2O2S/c1-4(10)5(8)6(11)9-2-3-12-7/h4-5,10H,2-3,8H2,1H3,(H,9,11)/t4-,5+/m1/s1. The fraction of sp³-hybridized carbons (Fsp3) is 0.833. The third-order valence-electron chi connectivity index (χ3n) is 1.34. The van der Waals surface area contributed by atoms with Crippen molar-refractivity contribution in [3.63, 3.8) is 0 Å². The van der Waals surface area contributed by atoms with Crippen LogP contribution in [-0.4, -0.2) is 42.6 Å². The Morgan fingerprint density at radius 2 is 2.42 bits per heavy atom. The second-order valence-electron chi connectivity index (χ2n) is 2.43. The molecule has 6 heteroatoms. The fourth-order valence-corrected chi connectivity index (χ4v) is 0.790. The number of nitrogens with one attached hydrogen (secondary N) is 1. The average molecular weight is 188 g/mol. The number of amides is 1. The molecular formula is C6H13BN2O2S. The number of carbonyl (C=O) groups excluding carboxylic acids is 1. The lowest BCUT2D eigenvalue weighted by atomic mass is 10.2. The van der Waals surface area contributed by atoms with E-state index in [2.05, 4.69) is 5.32 Å². The van der Waals surface area contributed by atoms with Crippen molar-refractivity contribution in [2.45, 2.75) is 19.1 Å². The SMILES string of the molecule is [B]SCCNC(=O)[C@@H](N)[C@@H](C)O. The van der Waals surface area contributed by atoms with E-state index in [0.717, 1.165) is 11.6 Å². The van der Waals surface area contributed by atoms with Crippen molar-refractivity contribution in [2.75, 3.05) is 12.3 Å². The molecule has 0 aromatic rings. The first-order valence-corrected chi connectivity index (χ1v) is 4.67. The predicted octanol–water partition coefficient (Wildman–Crippen LogP) is -1.37. The third-order valence-corrected chi connectivity index (χ3v) is 1.78. The van der Waals surface area contributed by atoms with E-state index in [1.54, 1.807) is 0 Å². The number of aliphatic hydroxyl groups excluding tert-OH is 1. The first-order chi connectivity index (χ1) is 5.59. The molecule has 68 valence electrons. The topological polar surface area (TPSA) is 75.4 Å². The summed E-state index contributed by atoms with van der Waals surface area (Å²) in [6.45, 7) is 1.95. The highest BCUT2D eigenvalue weighted by Crippen LogP contribution is 1.89. The first-order valence-electron chi connectivity index (χ1n) is 3.62. The van der Waals surface area contributed by atoms with Crippen LogP contribution in [0.25, 0.3) is 0 Å². The number of aliphatic hydroxyl groups is 1. The van der Waals surface area contributed by atoms with E-state index in [0.29, 0.717) is 12.3 Å².